The van der Waals surface area contributed by atoms with Crippen molar-refractivity contribution in [3.05, 3.63) is 0 Å². The van der Waals surface area contributed by atoms with Crippen LogP contribution in [0.25, 0.3) is 0 Å². The van der Waals surface area contributed by atoms with Gasteiger partial charge in [0, 0.05) is 5.54 Å². The molecular formula is C13H27NO2. The lowest BCUT2D eigenvalue weighted by molar-refractivity contribution is -0.145. The predicted octanol–water partition coefficient (Wildman–Crippen LogP) is 2.89. The smallest absolute Gasteiger partial charge is 0.307 e. The Morgan fingerprint density at radius 2 is 1.94 bits per heavy atom. The zero-order valence-electron chi connectivity index (χ0n) is 11.3. The lowest BCUT2D eigenvalue weighted by Crippen LogP contribution is -2.46. The highest BCUT2D eigenvalue weighted by atomic mass is 16.5. The molecular weight excluding hydrogens is 202 g/mol. The fraction of sp³-hybridized carbons (Fsp3) is 0.923. The van der Waals surface area contributed by atoms with E-state index in [4.69, 9.17) is 4.74 Å². The second-order valence-corrected chi connectivity index (χ2v) is 4.25. The monoisotopic (exact) mass is 229 g/mol. The summed E-state index contributed by atoms with van der Waals surface area (Å²) in [5.41, 5.74) is -0.0585. The molecule has 0 saturated carbocycles. The molecule has 0 radical (unpaired) electrons. The van der Waals surface area contributed by atoms with Crippen LogP contribution in [0.2, 0.25) is 0 Å². The molecule has 0 aliphatic rings. The Balaban J connectivity index is 4.41. The van der Waals surface area contributed by atoms with E-state index >= 15 is 0 Å². The van der Waals surface area contributed by atoms with E-state index < -0.39 is 0 Å². The Kier molecular flexibility index (Phi) is 8.26. The Morgan fingerprint density at radius 3 is 2.38 bits per heavy atom. The summed E-state index contributed by atoms with van der Waals surface area (Å²) in [6.07, 6.45) is 4.83. The molecule has 16 heavy (non-hydrogen) atoms. The Labute approximate surface area is 99.9 Å². The van der Waals surface area contributed by atoms with Crippen molar-refractivity contribution in [3.8, 4) is 0 Å². The fourth-order valence-electron chi connectivity index (χ4n) is 2.04. The van der Waals surface area contributed by atoms with Crippen LogP contribution in [-0.2, 0) is 9.53 Å². The van der Waals surface area contributed by atoms with Gasteiger partial charge in [-0.15, -0.1) is 0 Å². The van der Waals surface area contributed by atoms with Crippen LogP contribution in [0.4, 0.5) is 0 Å². The second kappa shape index (κ2) is 8.57. The maximum absolute atomic E-state index is 11.6. The summed E-state index contributed by atoms with van der Waals surface area (Å²) < 4.78 is 5.05. The van der Waals surface area contributed by atoms with Gasteiger partial charge in [-0.1, -0.05) is 33.6 Å². The first-order chi connectivity index (χ1) is 7.64. The standard InChI is InChI=1S/C13H27NO2/c1-5-9-10-13(6-2,14-7-3)11-12(15)16-8-4/h14H,5-11H2,1-4H3. The van der Waals surface area contributed by atoms with Gasteiger partial charge in [0.15, 0.2) is 0 Å². The summed E-state index contributed by atoms with van der Waals surface area (Å²) in [6, 6.07) is 0. The lowest BCUT2D eigenvalue weighted by atomic mass is 9.86. The van der Waals surface area contributed by atoms with Crippen LogP contribution in [0, 0.1) is 0 Å². The minimum atomic E-state index is -0.0820. The van der Waals surface area contributed by atoms with Crippen LogP contribution in [-0.4, -0.2) is 24.7 Å². The molecule has 0 rings (SSSR count). The summed E-state index contributed by atoms with van der Waals surface area (Å²) in [7, 11) is 0. The van der Waals surface area contributed by atoms with Gasteiger partial charge < -0.3 is 10.1 Å². The third kappa shape index (κ3) is 5.50. The maximum Gasteiger partial charge on any atom is 0.307 e. The first kappa shape index (κ1) is 15.4. The summed E-state index contributed by atoms with van der Waals surface area (Å²) in [4.78, 5) is 11.6. The van der Waals surface area contributed by atoms with E-state index in [0.29, 0.717) is 13.0 Å². The molecule has 0 aromatic carbocycles. The van der Waals surface area contributed by atoms with Gasteiger partial charge in [-0.25, -0.2) is 0 Å². The van der Waals surface area contributed by atoms with Crippen LogP contribution >= 0.6 is 0 Å². The van der Waals surface area contributed by atoms with Crippen molar-refractivity contribution in [2.24, 2.45) is 0 Å². The van der Waals surface area contributed by atoms with E-state index in [1.165, 1.54) is 0 Å². The number of carbonyl (C=O) groups is 1. The Hall–Kier alpha value is -0.570. The zero-order valence-corrected chi connectivity index (χ0v) is 11.3. The molecule has 0 aliphatic carbocycles. The van der Waals surface area contributed by atoms with Crippen molar-refractivity contribution in [1.82, 2.24) is 5.32 Å². The predicted molar refractivity (Wildman–Crippen MR) is 67.5 cm³/mol. The molecule has 0 bridgehead atoms. The Bertz CT molecular complexity index is 194. The summed E-state index contributed by atoms with van der Waals surface area (Å²) in [6.45, 7) is 9.62. The molecule has 96 valence electrons. The number of esters is 1. The van der Waals surface area contributed by atoms with Crippen molar-refractivity contribution >= 4 is 5.97 Å². The molecule has 0 aliphatic heterocycles. The van der Waals surface area contributed by atoms with Gasteiger partial charge in [0.05, 0.1) is 13.0 Å². The van der Waals surface area contributed by atoms with Gasteiger partial charge in [-0.2, -0.15) is 0 Å². The third-order valence-electron chi connectivity index (χ3n) is 3.03. The highest BCUT2D eigenvalue weighted by Gasteiger charge is 2.29. The average molecular weight is 229 g/mol. The van der Waals surface area contributed by atoms with Crippen LogP contribution in [0.15, 0.2) is 0 Å². The molecule has 0 spiro atoms. The molecule has 3 nitrogen and oxygen atoms in total. The van der Waals surface area contributed by atoms with Gasteiger partial charge in [-0.3, -0.25) is 4.79 Å². The number of rotatable bonds is 9. The van der Waals surface area contributed by atoms with Crippen molar-refractivity contribution in [1.29, 1.82) is 0 Å². The summed E-state index contributed by atoms with van der Waals surface area (Å²) in [5.74, 6) is -0.0820. The molecule has 0 aromatic heterocycles. The first-order valence-electron chi connectivity index (χ1n) is 6.54. The van der Waals surface area contributed by atoms with Gasteiger partial charge in [0.25, 0.3) is 0 Å². The quantitative estimate of drug-likeness (QED) is 0.618. The van der Waals surface area contributed by atoms with Gasteiger partial charge in [0.2, 0.25) is 0 Å². The number of hydrogen-bond acceptors (Lipinski definition) is 3. The minimum absolute atomic E-state index is 0.0585. The number of hydrogen-bond donors (Lipinski definition) is 1. The normalized spacial score (nSPS) is 14.5. The van der Waals surface area contributed by atoms with Crippen molar-refractivity contribution < 1.29 is 9.53 Å². The molecule has 0 fully saturated rings. The highest BCUT2D eigenvalue weighted by Crippen LogP contribution is 2.23. The van der Waals surface area contributed by atoms with Crippen LogP contribution in [0.3, 0.4) is 0 Å². The summed E-state index contributed by atoms with van der Waals surface area (Å²) >= 11 is 0. The van der Waals surface area contributed by atoms with Crippen LogP contribution < -0.4 is 5.32 Å². The molecule has 1 atom stereocenters. The zero-order chi connectivity index (χ0) is 12.4. The fourth-order valence-corrected chi connectivity index (χ4v) is 2.04. The number of unbranched alkanes of at least 4 members (excludes halogenated alkanes) is 1. The molecule has 1 N–H and O–H groups in total. The van der Waals surface area contributed by atoms with E-state index in [-0.39, 0.29) is 11.5 Å². The number of ether oxygens (including phenoxy) is 1. The van der Waals surface area contributed by atoms with Gasteiger partial charge in [-0.05, 0) is 26.3 Å². The maximum atomic E-state index is 11.6. The van der Waals surface area contributed by atoms with Crippen molar-refractivity contribution in [3.63, 3.8) is 0 Å². The first-order valence-corrected chi connectivity index (χ1v) is 6.54. The molecule has 0 heterocycles. The number of carbonyl (C=O) groups excluding carboxylic acids is 1. The second-order valence-electron chi connectivity index (χ2n) is 4.25. The SMILES string of the molecule is CCCCC(CC)(CC(=O)OCC)NCC. The van der Waals surface area contributed by atoms with Crippen molar-refractivity contribution in [2.75, 3.05) is 13.2 Å². The molecule has 0 aromatic rings. The average Bonchev–Trinajstić information content (AvgIpc) is 2.26. The van der Waals surface area contributed by atoms with Crippen molar-refractivity contribution in [2.45, 2.75) is 65.3 Å². The van der Waals surface area contributed by atoms with Gasteiger partial charge >= 0.3 is 5.97 Å². The lowest BCUT2D eigenvalue weighted by Gasteiger charge is -2.33. The van der Waals surface area contributed by atoms with Crippen LogP contribution in [0.5, 0.6) is 0 Å². The highest BCUT2D eigenvalue weighted by molar-refractivity contribution is 5.70. The molecule has 0 saturated heterocycles. The number of nitrogens with one attached hydrogen (secondary N) is 1. The molecule has 1 unspecified atom stereocenters. The molecule has 3 heteroatoms. The largest absolute Gasteiger partial charge is 0.466 e. The Morgan fingerprint density at radius 1 is 1.25 bits per heavy atom. The molecule has 0 amide bonds. The van der Waals surface area contributed by atoms with E-state index in [1.807, 2.05) is 6.92 Å². The third-order valence-corrected chi connectivity index (χ3v) is 3.03. The van der Waals surface area contributed by atoms with E-state index in [0.717, 1.165) is 32.2 Å². The van der Waals surface area contributed by atoms with E-state index in [1.54, 1.807) is 0 Å². The van der Waals surface area contributed by atoms with Crippen LogP contribution in [0.1, 0.15) is 59.8 Å². The summed E-state index contributed by atoms with van der Waals surface area (Å²) in [5, 5.41) is 3.47. The van der Waals surface area contributed by atoms with Gasteiger partial charge in [0.1, 0.15) is 0 Å². The minimum Gasteiger partial charge on any atom is -0.466 e. The topological polar surface area (TPSA) is 38.3 Å². The van der Waals surface area contributed by atoms with E-state index in [2.05, 4.69) is 26.1 Å². The van der Waals surface area contributed by atoms with E-state index in [9.17, 15) is 4.79 Å².